The highest BCUT2D eigenvalue weighted by atomic mass is 35.5. The van der Waals surface area contributed by atoms with Crippen molar-refractivity contribution >= 4 is 44.8 Å². The van der Waals surface area contributed by atoms with Crippen LogP contribution in [0.25, 0.3) is 0 Å². The van der Waals surface area contributed by atoms with Crippen LogP contribution in [0.15, 0.2) is 41.3 Å². The number of sulfonamides is 1. The average Bonchev–Trinajstić information content (AvgIpc) is 3.16. The molecule has 1 saturated heterocycles. The highest BCUT2D eigenvalue weighted by Gasteiger charge is 2.23. The Morgan fingerprint density at radius 3 is 2.64 bits per heavy atom. The van der Waals surface area contributed by atoms with Gasteiger partial charge in [0.1, 0.15) is 4.90 Å². The molecule has 0 spiro atoms. The summed E-state index contributed by atoms with van der Waals surface area (Å²) in [6.45, 7) is 2.68. The van der Waals surface area contributed by atoms with Crippen molar-refractivity contribution in [2.24, 2.45) is 0 Å². The lowest BCUT2D eigenvalue weighted by atomic mass is 10.2. The summed E-state index contributed by atoms with van der Waals surface area (Å²) in [4.78, 5) is 12.4. The summed E-state index contributed by atoms with van der Waals surface area (Å²) in [5.41, 5.74) is 1.55. The highest BCUT2D eigenvalue weighted by molar-refractivity contribution is 7.89. The molecule has 2 N–H and O–H groups in total. The van der Waals surface area contributed by atoms with E-state index in [1.54, 1.807) is 12.1 Å². The van der Waals surface area contributed by atoms with Crippen LogP contribution in [0.1, 0.15) is 28.8 Å². The number of ether oxygens (including phenoxy) is 1. The number of hydrogen-bond donors (Lipinski definition) is 2. The molecule has 0 radical (unpaired) electrons. The number of benzene rings is 2. The summed E-state index contributed by atoms with van der Waals surface area (Å²) in [6, 6.07) is 9.31. The van der Waals surface area contributed by atoms with Crippen LogP contribution in [0, 0.1) is 6.92 Å². The van der Waals surface area contributed by atoms with Gasteiger partial charge < -0.3 is 10.1 Å². The first kappa shape index (κ1) is 21.1. The summed E-state index contributed by atoms with van der Waals surface area (Å²) < 4.78 is 33.2. The Morgan fingerprint density at radius 1 is 1.18 bits per heavy atom. The molecule has 150 valence electrons. The zero-order valence-corrected chi connectivity index (χ0v) is 17.5. The Kier molecular flexibility index (Phi) is 6.62. The first-order chi connectivity index (χ1) is 13.3. The molecule has 1 heterocycles. The topological polar surface area (TPSA) is 84.5 Å². The SMILES string of the molecule is Cc1ccc(NC(=O)c2ccc(Cl)c(S(=O)(=O)NCC3CCCO3)c2)c(Cl)c1. The van der Waals surface area contributed by atoms with E-state index in [9.17, 15) is 13.2 Å². The van der Waals surface area contributed by atoms with Crippen molar-refractivity contribution in [1.82, 2.24) is 4.72 Å². The van der Waals surface area contributed by atoms with E-state index in [4.69, 9.17) is 27.9 Å². The summed E-state index contributed by atoms with van der Waals surface area (Å²) in [5.74, 6) is -0.488. The molecule has 1 fully saturated rings. The van der Waals surface area contributed by atoms with Crippen molar-refractivity contribution in [1.29, 1.82) is 0 Å². The molecule has 1 aliphatic rings. The van der Waals surface area contributed by atoms with Gasteiger partial charge in [-0.05, 0) is 55.7 Å². The molecule has 1 aliphatic heterocycles. The molecule has 2 aromatic carbocycles. The average molecular weight is 443 g/mol. The van der Waals surface area contributed by atoms with Crippen molar-refractivity contribution in [3.05, 3.63) is 57.6 Å². The van der Waals surface area contributed by atoms with E-state index in [1.807, 2.05) is 13.0 Å². The maximum atomic E-state index is 12.6. The van der Waals surface area contributed by atoms with Crippen molar-refractivity contribution in [2.45, 2.75) is 30.8 Å². The maximum absolute atomic E-state index is 12.6. The molecule has 1 amide bonds. The molecule has 9 heteroatoms. The first-order valence-corrected chi connectivity index (χ1v) is 11.0. The largest absolute Gasteiger partial charge is 0.377 e. The van der Waals surface area contributed by atoms with Gasteiger partial charge in [-0.1, -0.05) is 29.3 Å². The number of hydrogen-bond acceptors (Lipinski definition) is 4. The first-order valence-electron chi connectivity index (χ1n) is 8.74. The minimum Gasteiger partial charge on any atom is -0.377 e. The lowest BCUT2D eigenvalue weighted by molar-refractivity contribution is 0.102. The van der Waals surface area contributed by atoms with Crippen molar-refractivity contribution < 1.29 is 17.9 Å². The van der Waals surface area contributed by atoms with E-state index < -0.39 is 15.9 Å². The van der Waals surface area contributed by atoms with E-state index in [1.165, 1.54) is 18.2 Å². The lowest BCUT2D eigenvalue weighted by Gasteiger charge is -2.13. The van der Waals surface area contributed by atoms with E-state index in [-0.39, 0.29) is 28.1 Å². The monoisotopic (exact) mass is 442 g/mol. The van der Waals surface area contributed by atoms with Gasteiger partial charge in [-0.15, -0.1) is 0 Å². The quantitative estimate of drug-likeness (QED) is 0.707. The fourth-order valence-electron chi connectivity index (χ4n) is 2.85. The molecule has 0 aliphatic carbocycles. The van der Waals surface area contributed by atoms with Gasteiger partial charge >= 0.3 is 0 Å². The van der Waals surface area contributed by atoms with E-state index >= 15 is 0 Å². The third kappa shape index (κ3) is 5.04. The molecular formula is C19H20Cl2N2O4S. The number of nitrogens with one attached hydrogen (secondary N) is 2. The molecule has 0 saturated carbocycles. The Bertz CT molecular complexity index is 989. The number of aryl methyl sites for hydroxylation is 1. The van der Waals surface area contributed by atoms with Crippen LogP contribution in [0.4, 0.5) is 5.69 Å². The Morgan fingerprint density at radius 2 is 1.96 bits per heavy atom. The predicted molar refractivity (Wildman–Crippen MR) is 110 cm³/mol. The fraction of sp³-hybridized carbons (Fsp3) is 0.316. The van der Waals surface area contributed by atoms with Crippen LogP contribution in [0.3, 0.4) is 0 Å². The van der Waals surface area contributed by atoms with Gasteiger partial charge in [0.25, 0.3) is 5.91 Å². The minimum absolute atomic E-state index is 0.0322. The molecule has 3 rings (SSSR count). The second kappa shape index (κ2) is 8.80. The maximum Gasteiger partial charge on any atom is 0.255 e. The molecular weight excluding hydrogens is 423 g/mol. The zero-order valence-electron chi connectivity index (χ0n) is 15.2. The number of anilines is 1. The molecule has 1 atom stereocenters. The van der Waals surface area contributed by atoms with Gasteiger partial charge in [0.2, 0.25) is 10.0 Å². The van der Waals surface area contributed by atoms with E-state index in [0.717, 1.165) is 18.4 Å². The standard InChI is InChI=1S/C19H20Cl2N2O4S/c1-12-4-7-17(16(21)9-12)23-19(24)13-5-6-15(20)18(10-13)28(25,26)22-11-14-3-2-8-27-14/h4-7,9-10,14,22H,2-3,8,11H2,1H3,(H,23,24). The fourth-order valence-corrected chi connectivity index (χ4v) is 4.72. The van der Waals surface area contributed by atoms with E-state index in [0.29, 0.717) is 17.3 Å². The van der Waals surface area contributed by atoms with Crippen LogP contribution in [-0.2, 0) is 14.8 Å². The van der Waals surface area contributed by atoms with Gasteiger partial charge in [-0.2, -0.15) is 0 Å². The Hall–Kier alpha value is -1.64. The summed E-state index contributed by atoms with van der Waals surface area (Å²) in [5, 5.41) is 3.11. The zero-order chi connectivity index (χ0) is 20.3. The minimum atomic E-state index is -3.89. The molecule has 6 nitrogen and oxygen atoms in total. The van der Waals surface area contributed by atoms with E-state index in [2.05, 4.69) is 10.0 Å². The lowest BCUT2D eigenvalue weighted by Crippen LogP contribution is -2.32. The number of amides is 1. The Labute approximate surface area is 174 Å². The third-order valence-electron chi connectivity index (χ3n) is 4.38. The van der Waals surface area contributed by atoms with Crippen molar-refractivity contribution in [3.63, 3.8) is 0 Å². The van der Waals surface area contributed by atoms with Crippen LogP contribution in [-0.4, -0.2) is 33.6 Å². The Balaban J connectivity index is 1.78. The van der Waals surface area contributed by atoms with Crippen LogP contribution >= 0.6 is 23.2 Å². The summed E-state index contributed by atoms with van der Waals surface area (Å²) >= 11 is 12.2. The third-order valence-corrected chi connectivity index (χ3v) is 6.60. The van der Waals surface area contributed by atoms with Crippen molar-refractivity contribution in [2.75, 3.05) is 18.5 Å². The van der Waals surface area contributed by atoms with Crippen molar-refractivity contribution in [3.8, 4) is 0 Å². The van der Waals surface area contributed by atoms with Crippen LogP contribution in [0.5, 0.6) is 0 Å². The summed E-state index contributed by atoms with van der Waals surface area (Å²) in [7, 11) is -3.89. The smallest absolute Gasteiger partial charge is 0.255 e. The van der Waals surface area contributed by atoms with Crippen LogP contribution < -0.4 is 10.0 Å². The van der Waals surface area contributed by atoms with Gasteiger partial charge in [0.05, 0.1) is 21.8 Å². The molecule has 0 aromatic heterocycles. The second-order valence-electron chi connectivity index (χ2n) is 6.57. The molecule has 0 bridgehead atoms. The van der Waals surface area contributed by atoms with Gasteiger partial charge in [-0.25, -0.2) is 13.1 Å². The predicted octanol–water partition coefficient (Wildman–Crippen LogP) is 4.01. The number of halogens is 2. The molecule has 1 unspecified atom stereocenters. The van der Waals surface area contributed by atoms with Gasteiger partial charge in [-0.3, -0.25) is 4.79 Å². The number of carbonyl (C=O) groups excluding carboxylic acids is 1. The number of rotatable bonds is 6. The van der Waals surface area contributed by atoms with Gasteiger partial charge in [0, 0.05) is 18.7 Å². The van der Waals surface area contributed by atoms with Crippen LogP contribution in [0.2, 0.25) is 10.0 Å². The molecule has 2 aromatic rings. The number of carbonyl (C=O) groups is 1. The second-order valence-corrected chi connectivity index (χ2v) is 9.12. The summed E-state index contributed by atoms with van der Waals surface area (Å²) in [6.07, 6.45) is 1.56. The normalized spacial score (nSPS) is 16.9. The van der Waals surface area contributed by atoms with Gasteiger partial charge in [0.15, 0.2) is 0 Å². The highest BCUT2D eigenvalue weighted by Crippen LogP contribution is 2.26. The molecule has 28 heavy (non-hydrogen) atoms.